The highest BCUT2D eigenvalue weighted by molar-refractivity contribution is 5.83. The predicted octanol–water partition coefficient (Wildman–Crippen LogP) is 3.29. The molecule has 1 aliphatic carbocycles. The van der Waals surface area contributed by atoms with E-state index < -0.39 is 0 Å². The summed E-state index contributed by atoms with van der Waals surface area (Å²) in [4.78, 5) is 11.4. The molecule has 0 N–H and O–H groups in total. The van der Waals surface area contributed by atoms with Gasteiger partial charge in [0.2, 0.25) is 0 Å². The van der Waals surface area contributed by atoms with Crippen molar-refractivity contribution in [3.8, 4) is 0 Å². The molecule has 1 saturated carbocycles. The number of ether oxygens (including phenoxy) is 1. The number of carbonyl (C=O) groups excluding carboxylic acids is 1. The topological polar surface area (TPSA) is 26.3 Å². The standard InChI is InChI=1S/C15H14O2/c16-15(13-7-8-13)17-10-11-5-6-12-3-1-2-4-14(12)9-11/h1-6,9,13H,7-8,10H2. The number of hydrogen-bond acceptors (Lipinski definition) is 2. The smallest absolute Gasteiger partial charge is 0.309 e. The Balaban J connectivity index is 1.74. The molecule has 2 heteroatoms. The summed E-state index contributed by atoms with van der Waals surface area (Å²) in [7, 11) is 0. The zero-order valence-corrected chi connectivity index (χ0v) is 9.56. The average Bonchev–Trinajstić information content (AvgIpc) is 3.20. The Kier molecular flexibility index (Phi) is 2.56. The van der Waals surface area contributed by atoms with Crippen molar-refractivity contribution >= 4 is 16.7 Å². The molecule has 0 radical (unpaired) electrons. The lowest BCUT2D eigenvalue weighted by molar-refractivity contribution is -0.146. The van der Waals surface area contributed by atoms with E-state index in [0.717, 1.165) is 18.4 Å². The van der Waals surface area contributed by atoms with Crippen molar-refractivity contribution in [1.82, 2.24) is 0 Å². The van der Waals surface area contributed by atoms with E-state index in [1.807, 2.05) is 18.2 Å². The van der Waals surface area contributed by atoms with Gasteiger partial charge in [-0.1, -0.05) is 36.4 Å². The van der Waals surface area contributed by atoms with Gasteiger partial charge in [-0.25, -0.2) is 0 Å². The second kappa shape index (κ2) is 4.21. The third-order valence-electron chi connectivity index (χ3n) is 3.11. The molecule has 17 heavy (non-hydrogen) atoms. The molecule has 0 unspecified atom stereocenters. The summed E-state index contributed by atoms with van der Waals surface area (Å²) in [6.07, 6.45) is 1.99. The lowest BCUT2D eigenvalue weighted by Gasteiger charge is -2.05. The fraction of sp³-hybridized carbons (Fsp3) is 0.267. The Morgan fingerprint density at radius 1 is 1.12 bits per heavy atom. The highest BCUT2D eigenvalue weighted by Gasteiger charge is 2.31. The largest absolute Gasteiger partial charge is 0.461 e. The second-order valence-corrected chi connectivity index (χ2v) is 4.56. The first-order valence-corrected chi connectivity index (χ1v) is 5.97. The van der Waals surface area contributed by atoms with Gasteiger partial charge in [0.25, 0.3) is 0 Å². The minimum Gasteiger partial charge on any atom is -0.461 e. The molecule has 0 spiro atoms. The first kappa shape index (κ1) is 10.3. The van der Waals surface area contributed by atoms with E-state index in [9.17, 15) is 4.79 Å². The predicted molar refractivity (Wildman–Crippen MR) is 66.5 cm³/mol. The number of rotatable bonds is 3. The fourth-order valence-corrected chi connectivity index (χ4v) is 1.92. The van der Waals surface area contributed by atoms with Gasteiger partial charge >= 0.3 is 5.97 Å². The zero-order valence-electron chi connectivity index (χ0n) is 9.56. The van der Waals surface area contributed by atoms with E-state index in [0.29, 0.717) is 6.61 Å². The van der Waals surface area contributed by atoms with Crippen LogP contribution in [0.15, 0.2) is 42.5 Å². The molecular weight excluding hydrogens is 212 g/mol. The van der Waals surface area contributed by atoms with Crippen LogP contribution >= 0.6 is 0 Å². The SMILES string of the molecule is O=C(OCc1ccc2ccccc2c1)C1CC1. The number of carbonyl (C=O) groups is 1. The molecule has 2 aromatic rings. The van der Waals surface area contributed by atoms with Crippen LogP contribution in [0.25, 0.3) is 10.8 Å². The fourth-order valence-electron chi connectivity index (χ4n) is 1.92. The summed E-state index contributed by atoms with van der Waals surface area (Å²) in [5.41, 5.74) is 1.05. The molecule has 1 fully saturated rings. The summed E-state index contributed by atoms with van der Waals surface area (Å²) in [5.74, 6) is 0.133. The molecule has 0 aliphatic heterocycles. The Bertz CT molecular complexity index is 556. The van der Waals surface area contributed by atoms with Crippen molar-refractivity contribution in [2.75, 3.05) is 0 Å². The van der Waals surface area contributed by atoms with Gasteiger partial charge in [0.15, 0.2) is 0 Å². The molecule has 1 aliphatic rings. The summed E-state index contributed by atoms with van der Waals surface area (Å²) >= 11 is 0. The minimum atomic E-state index is -0.0434. The van der Waals surface area contributed by atoms with Crippen molar-refractivity contribution in [2.45, 2.75) is 19.4 Å². The van der Waals surface area contributed by atoms with Gasteiger partial charge in [-0.2, -0.15) is 0 Å². The second-order valence-electron chi connectivity index (χ2n) is 4.56. The van der Waals surface area contributed by atoms with Gasteiger partial charge in [-0.05, 0) is 35.2 Å². The van der Waals surface area contributed by atoms with Crippen LogP contribution in [0.3, 0.4) is 0 Å². The van der Waals surface area contributed by atoms with E-state index in [4.69, 9.17) is 4.74 Å². The van der Waals surface area contributed by atoms with Crippen LogP contribution in [-0.2, 0) is 16.1 Å². The van der Waals surface area contributed by atoms with Crippen LogP contribution in [0.1, 0.15) is 18.4 Å². The van der Waals surface area contributed by atoms with Gasteiger partial charge in [0.05, 0.1) is 5.92 Å². The maximum Gasteiger partial charge on any atom is 0.309 e. The van der Waals surface area contributed by atoms with Crippen molar-refractivity contribution in [2.24, 2.45) is 5.92 Å². The molecular formula is C15H14O2. The Hall–Kier alpha value is -1.83. The molecule has 0 bridgehead atoms. The zero-order chi connectivity index (χ0) is 11.7. The molecule has 0 aromatic heterocycles. The summed E-state index contributed by atoms with van der Waals surface area (Å²) < 4.78 is 5.26. The van der Waals surface area contributed by atoms with E-state index in [-0.39, 0.29) is 11.9 Å². The summed E-state index contributed by atoms with van der Waals surface area (Å²) in [6.45, 7) is 0.389. The highest BCUT2D eigenvalue weighted by Crippen LogP contribution is 2.30. The Morgan fingerprint density at radius 2 is 1.88 bits per heavy atom. The third kappa shape index (κ3) is 2.31. The molecule has 0 amide bonds. The van der Waals surface area contributed by atoms with Crippen LogP contribution in [0.4, 0.5) is 0 Å². The van der Waals surface area contributed by atoms with Crippen LogP contribution in [0.5, 0.6) is 0 Å². The molecule has 0 heterocycles. The molecule has 86 valence electrons. The van der Waals surface area contributed by atoms with Crippen LogP contribution in [0, 0.1) is 5.92 Å². The number of hydrogen-bond donors (Lipinski definition) is 0. The Labute approximate surface area is 100 Å². The van der Waals surface area contributed by atoms with Crippen LogP contribution in [-0.4, -0.2) is 5.97 Å². The quantitative estimate of drug-likeness (QED) is 0.751. The van der Waals surface area contributed by atoms with Gasteiger partial charge in [0, 0.05) is 0 Å². The first-order valence-electron chi connectivity index (χ1n) is 5.97. The van der Waals surface area contributed by atoms with Crippen molar-refractivity contribution in [3.63, 3.8) is 0 Å². The van der Waals surface area contributed by atoms with Crippen LogP contribution < -0.4 is 0 Å². The first-order chi connectivity index (χ1) is 8.33. The molecule has 0 saturated heterocycles. The number of esters is 1. The summed E-state index contributed by atoms with van der Waals surface area (Å²) in [6, 6.07) is 14.3. The summed E-state index contributed by atoms with van der Waals surface area (Å²) in [5, 5.41) is 2.40. The normalized spacial score (nSPS) is 14.8. The third-order valence-corrected chi connectivity index (χ3v) is 3.11. The molecule has 0 atom stereocenters. The van der Waals surface area contributed by atoms with E-state index in [1.165, 1.54) is 10.8 Å². The van der Waals surface area contributed by atoms with Crippen molar-refractivity contribution in [1.29, 1.82) is 0 Å². The molecule has 3 rings (SSSR count). The average molecular weight is 226 g/mol. The highest BCUT2D eigenvalue weighted by atomic mass is 16.5. The maximum absolute atomic E-state index is 11.4. The monoisotopic (exact) mass is 226 g/mol. The van der Waals surface area contributed by atoms with Crippen LogP contribution in [0.2, 0.25) is 0 Å². The van der Waals surface area contributed by atoms with Gasteiger partial charge in [-0.15, -0.1) is 0 Å². The van der Waals surface area contributed by atoms with E-state index in [2.05, 4.69) is 24.3 Å². The Morgan fingerprint density at radius 3 is 2.65 bits per heavy atom. The van der Waals surface area contributed by atoms with Crippen molar-refractivity contribution < 1.29 is 9.53 Å². The lowest BCUT2D eigenvalue weighted by atomic mass is 10.1. The number of benzene rings is 2. The molecule has 2 aromatic carbocycles. The van der Waals surface area contributed by atoms with Gasteiger partial charge < -0.3 is 4.74 Å². The number of fused-ring (bicyclic) bond motifs is 1. The van der Waals surface area contributed by atoms with E-state index >= 15 is 0 Å². The van der Waals surface area contributed by atoms with E-state index in [1.54, 1.807) is 0 Å². The van der Waals surface area contributed by atoms with Gasteiger partial charge in [-0.3, -0.25) is 4.79 Å². The lowest BCUT2D eigenvalue weighted by Crippen LogP contribution is -2.06. The minimum absolute atomic E-state index is 0.0434. The van der Waals surface area contributed by atoms with Gasteiger partial charge in [0.1, 0.15) is 6.61 Å². The van der Waals surface area contributed by atoms with Crippen molar-refractivity contribution in [3.05, 3.63) is 48.0 Å². The molecule has 2 nitrogen and oxygen atoms in total. The maximum atomic E-state index is 11.4.